The first-order valence-corrected chi connectivity index (χ1v) is 7.63. The van der Waals surface area contributed by atoms with E-state index in [1.54, 1.807) is 6.07 Å². The summed E-state index contributed by atoms with van der Waals surface area (Å²) in [5.74, 6) is -1.44. The van der Waals surface area contributed by atoms with Crippen molar-refractivity contribution in [2.45, 2.75) is 31.4 Å². The van der Waals surface area contributed by atoms with E-state index in [1.807, 2.05) is 30.3 Å². The third kappa shape index (κ3) is 3.65. The molecule has 1 aromatic carbocycles. The molecule has 1 fully saturated rings. The molecule has 0 unspecified atom stereocenters. The Morgan fingerprint density at radius 2 is 2.13 bits per heavy atom. The van der Waals surface area contributed by atoms with E-state index in [-0.39, 0.29) is 12.3 Å². The first kappa shape index (κ1) is 15.4. The molecule has 2 heterocycles. The molecule has 120 valence electrons. The van der Waals surface area contributed by atoms with Crippen molar-refractivity contribution in [1.29, 1.82) is 0 Å². The summed E-state index contributed by atoms with van der Waals surface area (Å²) in [6, 6.07) is 10.3. The van der Waals surface area contributed by atoms with Gasteiger partial charge in [0.25, 0.3) is 0 Å². The standard InChI is InChI=1S/C17H18N2O4/c20-16(15-6-3-9-23-15)19-14(17(21)22)10-12-8-7-11-4-1-2-5-13(11)18-12/h1-2,4-5,7-8,14-15H,3,6,9-10H2,(H,19,20)(H,21,22)/t14-,15-/m1/s1. The second kappa shape index (κ2) is 6.75. The fourth-order valence-corrected chi connectivity index (χ4v) is 2.68. The molecule has 23 heavy (non-hydrogen) atoms. The van der Waals surface area contributed by atoms with Crippen LogP contribution in [0, 0.1) is 0 Å². The molecule has 1 aromatic heterocycles. The predicted octanol–water partition coefficient (Wildman–Crippen LogP) is 1.53. The summed E-state index contributed by atoms with van der Waals surface area (Å²) in [7, 11) is 0. The molecule has 1 saturated heterocycles. The Bertz CT molecular complexity index is 725. The lowest BCUT2D eigenvalue weighted by molar-refractivity contribution is -0.143. The lowest BCUT2D eigenvalue weighted by Crippen LogP contribution is -2.46. The van der Waals surface area contributed by atoms with Crippen LogP contribution in [0.15, 0.2) is 36.4 Å². The molecule has 2 N–H and O–H groups in total. The van der Waals surface area contributed by atoms with Gasteiger partial charge >= 0.3 is 5.97 Å². The number of carbonyl (C=O) groups is 2. The molecular weight excluding hydrogens is 296 g/mol. The SMILES string of the molecule is O=C(O)[C@@H](Cc1ccc2ccccc2n1)NC(=O)[C@H]1CCCO1. The number of aliphatic carboxylic acids is 1. The lowest BCUT2D eigenvalue weighted by atomic mass is 10.1. The van der Waals surface area contributed by atoms with Crippen LogP contribution in [0.1, 0.15) is 18.5 Å². The van der Waals surface area contributed by atoms with Crippen molar-refractivity contribution < 1.29 is 19.4 Å². The van der Waals surface area contributed by atoms with Gasteiger partial charge in [-0.3, -0.25) is 9.78 Å². The summed E-state index contributed by atoms with van der Waals surface area (Å²) in [6.45, 7) is 0.544. The van der Waals surface area contributed by atoms with Crippen LogP contribution in [-0.2, 0) is 20.7 Å². The van der Waals surface area contributed by atoms with Gasteiger partial charge in [0.1, 0.15) is 12.1 Å². The summed E-state index contributed by atoms with van der Waals surface area (Å²) in [5.41, 5.74) is 1.43. The van der Waals surface area contributed by atoms with Crippen molar-refractivity contribution in [1.82, 2.24) is 10.3 Å². The molecule has 0 saturated carbocycles. The topological polar surface area (TPSA) is 88.5 Å². The third-order valence-electron chi connectivity index (χ3n) is 3.91. The van der Waals surface area contributed by atoms with Crippen LogP contribution in [0.5, 0.6) is 0 Å². The molecular formula is C17H18N2O4. The van der Waals surface area contributed by atoms with Crippen LogP contribution < -0.4 is 5.32 Å². The highest BCUT2D eigenvalue weighted by Gasteiger charge is 2.28. The lowest BCUT2D eigenvalue weighted by Gasteiger charge is -2.17. The average Bonchev–Trinajstić information content (AvgIpc) is 3.08. The highest BCUT2D eigenvalue weighted by Crippen LogP contribution is 2.14. The number of ether oxygens (including phenoxy) is 1. The fraction of sp³-hybridized carbons (Fsp3) is 0.353. The van der Waals surface area contributed by atoms with Crippen molar-refractivity contribution in [3.63, 3.8) is 0 Å². The summed E-state index contributed by atoms with van der Waals surface area (Å²) < 4.78 is 5.28. The number of para-hydroxylation sites is 1. The zero-order valence-corrected chi connectivity index (χ0v) is 12.6. The molecule has 6 heteroatoms. The van der Waals surface area contributed by atoms with E-state index >= 15 is 0 Å². The molecule has 0 aliphatic carbocycles. The van der Waals surface area contributed by atoms with E-state index < -0.39 is 18.1 Å². The Hall–Kier alpha value is -2.47. The minimum atomic E-state index is -1.08. The number of carboxylic acids is 1. The van der Waals surface area contributed by atoms with Crippen molar-refractivity contribution in [3.8, 4) is 0 Å². The average molecular weight is 314 g/mol. The number of fused-ring (bicyclic) bond motifs is 1. The molecule has 2 atom stereocenters. The molecule has 6 nitrogen and oxygen atoms in total. The van der Waals surface area contributed by atoms with E-state index in [1.165, 1.54) is 0 Å². The van der Waals surface area contributed by atoms with E-state index in [2.05, 4.69) is 10.3 Å². The Morgan fingerprint density at radius 1 is 1.30 bits per heavy atom. The number of benzene rings is 1. The van der Waals surface area contributed by atoms with Gasteiger partial charge in [0, 0.05) is 24.1 Å². The molecule has 2 aromatic rings. The van der Waals surface area contributed by atoms with E-state index in [9.17, 15) is 14.7 Å². The maximum Gasteiger partial charge on any atom is 0.326 e. The number of aromatic nitrogens is 1. The van der Waals surface area contributed by atoms with Gasteiger partial charge in [-0.25, -0.2) is 4.79 Å². The van der Waals surface area contributed by atoms with Gasteiger partial charge in [0.15, 0.2) is 0 Å². The maximum absolute atomic E-state index is 12.0. The maximum atomic E-state index is 12.0. The Kier molecular flexibility index (Phi) is 4.52. The molecule has 1 aliphatic heterocycles. The summed E-state index contributed by atoms with van der Waals surface area (Å²) in [4.78, 5) is 27.9. The summed E-state index contributed by atoms with van der Waals surface area (Å²) >= 11 is 0. The molecule has 3 rings (SSSR count). The minimum absolute atomic E-state index is 0.138. The summed E-state index contributed by atoms with van der Waals surface area (Å²) in [5, 5.41) is 12.9. The van der Waals surface area contributed by atoms with Crippen molar-refractivity contribution in [3.05, 3.63) is 42.1 Å². The van der Waals surface area contributed by atoms with Crippen LogP contribution in [0.25, 0.3) is 10.9 Å². The number of hydrogen-bond donors (Lipinski definition) is 2. The van der Waals surface area contributed by atoms with E-state index in [0.29, 0.717) is 18.7 Å². The predicted molar refractivity (Wildman–Crippen MR) is 84.0 cm³/mol. The number of nitrogens with one attached hydrogen (secondary N) is 1. The first-order valence-electron chi connectivity index (χ1n) is 7.63. The highest BCUT2D eigenvalue weighted by atomic mass is 16.5. The highest BCUT2D eigenvalue weighted by molar-refractivity contribution is 5.86. The van der Waals surface area contributed by atoms with Gasteiger partial charge in [0.05, 0.1) is 5.52 Å². The van der Waals surface area contributed by atoms with Gasteiger partial charge in [-0.1, -0.05) is 24.3 Å². The molecule has 0 bridgehead atoms. The molecule has 1 aliphatic rings. The quantitative estimate of drug-likeness (QED) is 0.873. The van der Waals surface area contributed by atoms with Crippen LogP contribution >= 0.6 is 0 Å². The minimum Gasteiger partial charge on any atom is -0.480 e. The molecule has 0 spiro atoms. The third-order valence-corrected chi connectivity index (χ3v) is 3.91. The summed E-state index contributed by atoms with van der Waals surface area (Å²) in [6.07, 6.45) is 1.05. The van der Waals surface area contributed by atoms with Crippen molar-refractivity contribution >= 4 is 22.8 Å². The van der Waals surface area contributed by atoms with E-state index in [0.717, 1.165) is 17.3 Å². The van der Waals surface area contributed by atoms with Gasteiger partial charge in [-0.05, 0) is 25.0 Å². The molecule has 1 amide bonds. The van der Waals surface area contributed by atoms with Crippen LogP contribution in [0.2, 0.25) is 0 Å². The number of hydrogen-bond acceptors (Lipinski definition) is 4. The molecule has 0 radical (unpaired) electrons. The monoisotopic (exact) mass is 314 g/mol. The smallest absolute Gasteiger partial charge is 0.326 e. The second-order valence-corrected chi connectivity index (χ2v) is 5.60. The second-order valence-electron chi connectivity index (χ2n) is 5.60. The largest absolute Gasteiger partial charge is 0.480 e. The Labute approximate surface area is 133 Å². The zero-order chi connectivity index (χ0) is 16.2. The number of carboxylic acid groups (broad SMARTS) is 1. The van der Waals surface area contributed by atoms with Gasteiger partial charge < -0.3 is 15.2 Å². The van der Waals surface area contributed by atoms with Gasteiger partial charge in [0.2, 0.25) is 5.91 Å². The number of amides is 1. The Morgan fingerprint density at radius 3 is 2.87 bits per heavy atom. The number of carbonyl (C=O) groups excluding carboxylic acids is 1. The number of nitrogens with zero attached hydrogens (tertiary/aromatic N) is 1. The van der Waals surface area contributed by atoms with Crippen molar-refractivity contribution in [2.75, 3.05) is 6.61 Å². The van der Waals surface area contributed by atoms with E-state index in [4.69, 9.17) is 4.74 Å². The van der Waals surface area contributed by atoms with Crippen LogP contribution in [-0.4, -0.2) is 40.7 Å². The number of rotatable bonds is 5. The van der Waals surface area contributed by atoms with Crippen LogP contribution in [0.4, 0.5) is 0 Å². The number of pyridine rings is 1. The normalized spacial score (nSPS) is 18.7. The van der Waals surface area contributed by atoms with Gasteiger partial charge in [-0.2, -0.15) is 0 Å². The van der Waals surface area contributed by atoms with Crippen LogP contribution in [0.3, 0.4) is 0 Å². The first-order chi connectivity index (χ1) is 11.1. The fourth-order valence-electron chi connectivity index (χ4n) is 2.68. The van der Waals surface area contributed by atoms with Gasteiger partial charge in [-0.15, -0.1) is 0 Å². The van der Waals surface area contributed by atoms with Crippen molar-refractivity contribution in [2.24, 2.45) is 0 Å². The zero-order valence-electron chi connectivity index (χ0n) is 12.6. The Balaban J connectivity index is 1.72.